The highest BCUT2D eigenvalue weighted by Gasteiger charge is 2.04. The lowest BCUT2D eigenvalue weighted by atomic mass is 10.2. The van der Waals surface area contributed by atoms with Gasteiger partial charge in [-0.3, -0.25) is 0 Å². The van der Waals surface area contributed by atoms with Gasteiger partial charge in [-0.15, -0.1) is 23.1 Å². The summed E-state index contributed by atoms with van der Waals surface area (Å²) < 4.78 is 2.77. The molecule has 0 fully saturated rings. The van der Waals surface area contributed by atoms with Gasteiger partial charge in [0.15, 0.2) is 0 Å². The Morgan fingerprint density at radius 2 is 2.15 bits per heavy atom. The average Bonchev–Trinajstić information content (AvgIpc) is 2.47. The van der Waals surface area contributed by atoms with E-state index in [1.54, 1.807) is 0 Å². The summed E-state index contributed by atoms with van der Waals surface area (Å²) in [6, 6.07) is 4.58. The third-order valence-electron chi connectivity index (χ3n) is 2.04. The molecule has 0 N–H and O–H groups in total. The lowest BCUT2D eigenvalue weighted by Gasteiger charge is -2.00. The van der Waals surface area contributed by atoms with Crippen molar-refractivity contribution in [2.75, 3.05) is 6.26 Å². The van der Waals surface area contributed by atoms with Gasteiger partial charge in [-0.05, 0) is 64.2 Å². The normalized spacial score (nSPS) is 11.0. The summed E-state index contributed by atoms with van der Waals surface area (Å²) in [5.74, 6) is 0. The molecule has 2 aromatic rings. The Balaban J connectivity index is 2.76. The molecule has 0 radical (unpaired) electrons. The van der Waals surface area contributed by atoms with Crippen molar-refractivity contribution in [2.45, 2.75) is 11.8 Å². The van der Waals surface area contributed by atoms with Gasteiger partial charge < -0.3 is 0 Å². The lowest BCUT2D eigenvalue weighted by molar-refractivity contribution is 1.45. The van der Waals surface area contributed by atoms with E-state index in [1.807, 2.05) is 23.1 Å². The third-order valence-corrected chi connectivity index (χ3v) is 5.14. The number of fused-ring (bicyclic) bond motifs is 1. The number of hydrogen-bond acceptors (Lipinski definition) is 2. The highest BCUT2D eigenvalue weighted by Crippen LogP contribution is 2.32. The Kier molecular flexibility index (Phi) is 2.86. The molecule has 0 aliphatic carbocycles. The first-order valence-electron chi connectivity index (χ1n) is 3.93. The molecule has 13 heavy (non-hydrogen) atoms. The molecule has 1 heterocycles. The largest absolute Gasteiger partial charge is 0.143 e. The molecule has 0 saturated carbocycles. The van der Waals surface area contributed by atoms with E-state index >= 15 is 0 Å². The molecule has 0 saturated heterocycles. The second-order valence-electron chi connectivity index (χ2n) is 2.90. The van der Waals surface area contributed by atoms with Crippen LogP contribution in [0.3, 0.4) is 0 Å². The molecule has 3 heteroatoms. The lowest BCUT2D eigenvalue weighted by Crippen LogP contribution is -1.77. The van der Waals surface area contributed by atoms with Crippen LogP contribution in [-0.4, -0.2) is 6.26 Å². The first-order chi connectivity index (χ1) is 6.22. The number of hydrogen-bond donors (Lipinski definition) is 0. The molecule has 0 unspecified atom stereocenters. The standard InChI is InChI=1S/C10H9IS2/c1-6-5-13-9-4-10(12-2)8(11)3-7(6)9/h3-5H,1-2H3. The Hall–Kier alpha value is 0.260. The predicted molar refractivity (Wildman–Crippen MR) is 71.1 cm³/mol. The molecule has 0 amide bonds. The summed E-state index contributed by atoms with van der Waals surface area (Å²) in [6.07, 6.45) is 2.13. The van der Waals surface area contributed by atoms with Crippen molar-refractivity contribution >= 4 is 55.8 Å². The third kappa shape index (κ3) is 1.74. The van der Waals surface area contributed by atoms with Crippen molar-refractivity contribution in [3.63, 3.8) is 0 Å². The fraction of sp³-hybridized carbons (Fsp3) is 0.200. The van der Waals surface area contributed by atoms with Gasteiger partial charge in [-0.1, -0.05) is 0 Å². The molecule has 68 valence electrons. The number of thiophene rings is 1. The maximum absolute atomic E-state index is 2.41. The van der Waals surface area contributed by atoms with Gasteiger partial charge in [0.25, 0.3) is 0 Å². The Labute approximate surface area is 99.9 Å². The van der Waals surface area contributed by atoms with Crippen molar-refractivity contribution in [3.8, 4) is 0 Å². The summed E-state index contributed by atoms with van der Waals surface area (Å²) in [5.41, 5.74) is 1.39. The second kappa shape index (κ2) is 3.79. The van der Waals surface area contributed by atoms with Crippen LogP contribution in [0.1, 0.15) is 5.56 Å². The van der Waals surface area contributed by atoms with E-state index in [4.69, 9.17) is 0 Å². The van der Waals surface area contributed by atoms with Gasteiger partial charge in [0.1, 0.15) is 0 Å². The Bertz CT molecular complexity index is 445. The number of halogens is 1. The highest BCUT2D eigenvalue weighted by atomic mass is 127. The zero-order valence-corrected chi connectivity index (χ0v) is 11.2. The summed E-state index contributed by atoms with van der Waals surface area (Å²) in [5, 5.41) is 3.64. The Morgan fingerprint density at radius 3 is 2.85 bits per heavy atom. The molecule has 2 rings (SSSR count). The van der Waals surface area contributed by atoms with Crippen LogP contribution in [-0.2, 0) is 0 Å². The van der Waals surface area contributed by atoms with Crippen LogP contribution < -0.4 is 0 Å². The fourth-order valence-corrected chi connectivity index (χ4v) is 3.97. The van der Waals surface area contributed by atoms with Gasteiger partial charge >= 0.3 is 0 Å². The summed E-state index contributed by atoms with van der Waals surface area (Å²) in [4.78, 5) is 1.38. The second-order valence-corrected chi connectivity index (χ2v) is 5.82. The average molecular weight is 320 g/mol. The fourth-order valence-electron chi connectivity index (χ4n) is 1.31. The topological polar surface area (TPSA) is 0 Å². The van der Waals surface area contributed by atoms with Crippen LogP contribution >= 0.6 is 45.7 Å². The molecule has 0 nitrogen and oxygen atoms in total. The van der Waals surface area contributed by atoms with Crippen LogP contribution in [0.2, 0.25) is 0 Å². The summed E-state index contributed by atoms with van der Waals surface area (Å²) in [6.45, 7) is 2.17. The van der Waals surface area contributed by atoms with Crippen LogP contribution in [0.5, 0.6) is 0 Å². The first-order valence-corrected chi connectivity index (χ1v) is 7.12. The van der Waals surface area contributed by atoms with Crippen molar-refractivity contribution in [1.29, 1.82) is 0 Å². The van der Waals surface area contributed by atoms with E-state index in [9.17, 15) is 0 Å². The summed E-state index contributed by atoms with van der Waals surface area (Å²) >= 11 is 6.06. The molecule has 1 aromatic heterocycles. The SMILES string of the molecule is CSc1cc2scc(C)c2cc1I. The van der Waals surface area contributed by atoms with E-state index in [0.29, 0.717) is 0 Å². The van der Waals surface area contributed by atoms with Crippen LogP contribution in [0, 0.1) is 10.5 Å². The molecule has 0 bridgehead atoms. The van der Waals surface area contributed by atoms with Crippen molar-refractivity contribution in [1.82, 2.24) is 0 Å². The van der Waals surface area contributed by atoms with E-state index in [2.05, 4.69) is 53.3 Å². The quantitative estimate of drug-likeness (QED) is 0.549. The van der Waals surface area contributed by atoms with E-state index < -0.39 is 0 Å². The molecular formula is C10H9IS2. The van der Waals surface area contributed by atoms with Gasteiger partial charge in [0.2, 0.25) is 0 Å². The van der Waals surface area contributed by atoms with Crippen molar-refractivity contribution in [3.05, 3.63) is 26.6 Å². The number of thioether (sulfide) groups is 1. The Morgan fingerprint density at radius 1 is 1.38 bits per heavy atom. The van der Waals surface area contributed by atoms with Gasteiger partial charge in [0.05, 0.1) is 0 Å². The molecule has 0 spiro atoms. The number of aryl methyl sites for hydroxylation is 1. The minimum atomic E-state index is 1.36. The van der Waals surface area contributed by atoms with Gasteiger partial charge in [-0.25, -0.2) is 0 Å². The summed E-state index contributed by atoms with van der Waals surface area (Å²) in [7, 11) is 0. The van der Waals surface area contributed by atoms with Gasteiger partial charge in [0, 0.05) is 13.2 Å². The zero-order chi connectivity index (χ0) is 9.42. The van der Waals surface area contributed by atoms with Crippen LogP contribution in [0.15, 0.2) is 22.4 Å². The van der Waals surface area contributed by atoms with E-state index in [0.717, 1.165) is 0 Å². The predicted octanol–water partition coefficient (Wildman–Crippen LogP) is 4.54. The van der Waals surface area contributed by atoms with E-state index in [-0.39, 0.29) is 0 Å². The zero-order valence-electron chi connectivity index (χ0n) is 7.43. The molecular weight excluding hydrogens is 311 g/mol. The maximum atomic E-state index is 2.41. The first kappa shape index (κ1) is 9.80. The minimum Gasteiger partial charge on any atom is -0.143 e. The van der Waals surface area contributed by atoms with Gasteiger partial charge in [-0.2, -0.15) is 0 Å². The van der Waals surface area contributed by atoms with Crippen LogP contribution in [0.25, 0.3) is 10.1 Å². The molecule has 1 aromatic carbocycles. The molecule has 0 aliphatic heterocycles. The smallest absolute Gasteiger partial charge is 0.0357 e. The number of rotatable bonds is 1. The van der Waals surface area contributed by atoms with Crippen molar-refractivity contribution < 1.29 is 0 Å². The monoisotopic (exact) mass is 320 g/mol. The molecule has 0 aliphatic rings. The minimum absolute atomic E-state index is 1.36. The van der Waals surface area contributed by atoms with Crippen molar-refractivity contribution in [2.24, 2.45) is 0 Å². The maximum Gasteiger partial charge on any atom is 0.0357 e. The van der Waals surface area contributed by atoms with Crippen LogP contribution in [0.4, 0.5) is 0 Å². The number of benzene rings is 1. The van der Waals surface area contributed by atoms with E-state index in [1.165, 1.54) is 24.1 Å². The highest BCUT2D eigenvalue weighted by molar-refractivity contribution is 14.1. The molecule has 0 atom stereocenters.